The first-order valence-electron chi connectivity index (χ1n) is 14.1. The van der Waals surface area contributed by atoms with E-state index in [2.05, 4.69) is 29.9 Å². The molecule has 4 aliphatic rings. The van der Waals surface area contributed by atoms with Gasteiger partial charge in [-0.3, -0.25) is 18.9 Å². The van der Waals surface area contributed by atoms with Gasteiger partial charge in [-0.05, 0) is 0 Å². The van der Waals surface area contributed by atoms with Gasteiger partial charge in [-0.15, -0.1) is 0 Å². The van der Waals surface area contributed by atoms with Crippen molar-refractivity contribution in [3.05, 3.63) is 23.0 Å². The maximum Gasteiger partial charge on any atom is 0.280 e. The number of fused-ring (bicyclic) bond motifs is 2. The Morgan fingerprint density at radius 2 is 1.42 bits per heavy atom. The monoisotopic (exact) mass is 632 g/mol. The fraction of sp³-hybridized carbons (Fsp3) is 0.600. The third-order valence-corrected chi connectivity index (χ3v) is 8.79. The van der Waals surface area contributed by atoms with E-state index < -0.39 is 53.6 Å². The molecule has 4 unspecified atom stereocenters. The topological polar surface area (TPSA) is 286 Å². The zero-order chi connectivity index (χ0) is 31.7. The minimum absolute atomic E-state index is 0.0388. The molecule has 9 N–H and O–H groups in total. The lowest BCUT2D eigenvalue weighted by molar-refractivity contribution is -0.225. The summed E-state index contributed by atoms with van der Waals surface area (Å²) in [7, 11) is 1.47. The third kappa shape index (κ3) is 4.29. The highest BCUT2D eigenvalue weighted by Gasteiger charge is 2.63. The molecule has 0 aliphatic carbocycles. The maximum atomic E-state index is 11.8. The van der Waals surface area contributed by atoms with Crippen molar-refractivity contribution in [2.24, 2.45) is 0 Å². The number of nitrogens with one attached hydrogen (secondary N) is 1. The van der Waals surface area contributed by atoms with Crippen LogP contribution < -0.4 is 21.8 Å². The molecule has 4 aromatic rings. The van der Waals surface area contributed by atoms with Crippen molar-refractivity contribution < 1.29 is 44.1 Å². The highest BCUT2D eigenvalue weighted by Crippen LogP contribution is 2.50. The number of hydrogen-bond acceptors (Lipinski definition) is 17. The van der Waals surface area contributed by atoms with Gasteiger partial charge in [0.25, 0.3) is 5.56 Å². The Morgan fingerprint density at radius 1 is 0.911 bits per heavy atom. The van der Waals surface area contributed by atoms with Crippen molar-refractivity contribution in [2.75, 3.05) is 45.0 Å². The highest BCUT2D eigenvalue weighted by atomic mass is 16.6. The van der Waals surface area contributed by atoms with Crippen LogP contribution in [0.4, 0.5) is 11.9 Å². The number of aliphatic hydroxyl groups is 4. The van der Waals surface area contributed by atoms with Crippen LogP contribution >= 0.6 is 0 Å². The summed E-state index contributed by atoms with van der Waals surface area (Å²) >= 11 is 0. The Labute approximate surface area is 252 Å². The van der Waals surface area contributed by atoms with Gasteiger partial charge in [0, 0.05) is 12.8 Å². The molecule has 45 heavy (non-hydrogen) atoms. The summed E-state index contributed by atoms with van der Waals surface area (Å²) in [6, 6.07) is 0. The molecule has 20 nitrogen and oxygen atoms in total. The fourth-order valence-electron chi connectivity index (χ4n) is 6.39. The Morgan fingerprint density at radius 3 is 1.89 bits per heavy atom. The van der Waals surface area contributed by atoms with E-state index >= 15 is 0 Å². The van der Waals surface area contributed by atoms with Crippen molar-refractivity contribution in [3.8, 4) is 5.88 Å². The fourth-order valence-corrected chi connectivity index (χ4v) is 6.39. The quantitative estimate of drug-likeness (QED) is 0.115. The highest BCUT2D eigenvalue weighted by molar-refractivity contribution is 5.77. The number of aromatic nitrogens is 8. The zero-order valence-corrected chi connectivity index (χ0v) is 23.9. The minimum Gasteiger partial charge on any atom is -0.479 e. The van der Waals surface area contributed by atoms with E-state index in [-0.39, 0.29) is 42.2 Å². The lowest BCUT2D eigenvalue weighted by Crippen LogP contribution is -2.56. The molecule has 20 heteroatoms. The second kappa shape index (κ2) is 10.8. The molecule has 4 aromatic heterocycles. The predicted octanol–water partition coefficient (Wildman–Crippen LogP) is -3.06. The number of H-pyrrole nitrogens is 1. The van der Waals surface area contributed by atoms with Gasteiger partial charge < -0.3 is 55.6 Å². The summed E-state index contributed by atoms with van der Waals surface area (Å²) in [5.41, 5.74) is 10.2. The first-order valence-corrected chi connectivity index (χ1v) is 14.1. The molecule has 242 valence electrons. The van der Waals surface area contributed by atoms with E-state index in [1.54, 1.807) is 4.57 Å². The standard InChI is InChI=1S/C13H17N5O5.C12H15N5O5/c1-21-10-7-9(16-12(14)17-10)18(5-15-7)11-13(2-3-22-13)8(20)6(4-19)23-11;13-11-15-8-6(9(20)16-11)14-4-17(8)10-12(1-2-21-12)7(19)5(3-18)22-10/h5-6,8,11,19-20H,2-4H2,1H3,(H2,14,16,17);4-5,7,10,18-19H,1-3H2,(H3,13,15,16,20)/t6?,8-,11?,13-;5?,7-,10?,12-/m11/s1. The number of aliphatic hydroxyl groups excluding tert-OH is 4. The summed E-state index contributed by atoms with van der Waals surface area (Å²) in [6.45, 7) is 0.349. The summed E-state index contributed by atoms with van der Waals surface area (Å²) in [5.74, 6) is 0.254. The number of imidazole rings is 2. The van der Waals surface area contributed by atoms with Crippen LogP contribution in [0, 0.1) is 0 Å². The van der Waals surface area contributed by atoms with Crippen LogP contribution in [0.15, 0.2) is 17.4 Å². The molecule has 0 saturated carbocycles. The first kappa shape index (κ1) is 29.7. The van der Waals surface area contributed by atoms with Crippen molar-refractivity contribution in [1.82, 2.24) is 39.0 Å². The largest absolute Gasteiger partial charge is 0.479 e. The second-order valence-corrected chi connectivity index (χ2v) is 11.1. The van der Waals surface area contributed by atoms with Crippen LogP contribution in [-0.4, -0.2) is 129 Å². The molecule has 8 atom stereocenters. The molecule has 2 spiro atoms. The number of aromatic amines is 1. The SMILES string of the molecule is COc1nc(N)nc2c1ncn2C1OC(CO)[C@@H](O)[C@]12CCO2.Nc1nc2c(ncn2C2OC(CO)[C@@H](O)[C@]23CCO3)c(=O)[nH]1. The van der Waals surface area contributed by atoms with E-state index in [0.717, 1.165) is 0 Å². The van der Waals surface area contributed by atoms with E-state index in [1.165, 1.54) is 24.3 Å². The van der Waals surface area contributed by atoms with Gasteiger partial charge >= 0.3 is 0 Å². The normalized spacial score (nSPS) is 33.8. The zero-order valence-electron chi connectivity index (χ0n) is 23.9. The maximum absolute atomic E-state index is 11.8. The molecule has 4 fully saturated rings. The molecule has 0 bridgehead atoms. The number of nitrogens with zero attached hydrogens (tertiary/aromatic N) is 7. The van der Waals surface area contributed by atoms with Crippen LogP contribution in [0.1, 0.15) is 25.3 Å². The Hall–Kier alpha value is -4.02. The van der Waals surface area contributed by atoms with Crippen molar-refractivity contribution in [1.29, 1.82) is 0 Å². The smallest absolute Gasteiger partial charge is 0.280 e. The number of rotatable bonds is 5. The molecular weight excluding hydrogens is 600 g/mol. The number of nitrogens with two attached hydrogens (primary N) is 2. The van der Waals surface area contributed by atoms with Crippen molar-refractivity contribution in [2.45, 2.75) is 60.9 Å². The second-order valence-electron chi connectivity index (χ2n) is 11.1. The number of methoxy groups -OCH3 is 1. The lowest BCUT2D eigenvalue weighted by Gasteiger charge is -2.44. The van der Waals surface area contributed by atoms with E-state index in [1.807, 2.05) is 0 Å². The van der Waals surface area contributed by atoms with E-state index in [0.29, 0.717) is 37.2 Å². The number of ether oxygens (including phenoxy) is 5. The van der Waals surface area contributed by atoms with Gasteiger partial charge in [0.1, 0.15) is 35.6 Å². The van der Waals surface area contributed by atoms with Crippen LogP contribution in [0.5, 0.6) is 5.88 Å². The van der Waals surface area contributed by atoms with E-state index in [4.69, 9.17) is 35.2 Å². The van der Waals surface area contributed by atoms with Gasteiger partial charge in [0.2, 0.25) is 17.8 Å². The predicted molar refractivity (Wildman–Crippen MR) is 149 cm³/mol. The molecule has 4 saturated heterocycles. The molecule has 4 aliphatic heterocycles. The van der Waals surface area contributed by atoms with Gasteiger partial charge in [0.05, 0.1) is 46.2 Å². The summed E-state index contributed by atoms with van der Waals surface area (Å²) < 4.78 is 31.1. The minimum atomic E-state index is -0.979. The Bertz CT molecular complexity index is 1790. The van der Waals surface area contributed by atoms with Crippen LogP contribution in [0.2, 0.25) is 0 Å². The molecule has 8 rings (SSSR count). The van der Waals surface area contributed by atoms with Crippen LogP contribution in [0.3, 0.4) is 0 Å². The summed E-state index contributed by atoms with van der Waals surface area (Å²) in [6.07, 6.45) is -0.770. The number of anilines is 2. The van der Waals surface area contributed by atoms with Crippen molar-refractivity contribution in [3.63, 3.8) is 0 Å². The average Bonchev–Trinajstić information content (AvgIpc) is 3.72. The van der Waals surface area contributed by atoms with Crippen LogP contribution in [0.25, 0.3) is 22.3 Å². The Balaban J connectivity index is 0.000000145. The molecule has 0 aromatic carbocycles. The molecule has 0 radical (unpaired) electrons. The number of hydrogen-bond donors (Lipinski definition) is 7. The van der Waals surface area contributed by atoms with Crippen molar-refractivity contribution >= 4 is 34.2 Å². The third-order valence-electron chi connectivity index (χ3n) is 8.79. The van der Waals surface area contributed by atoms with E-state index in [9.17, 15) is 25.2 Å². The molecular formula is C25H32N10O10. The van der Waals surface area contributed by atoms with Gasteiger partial charge in [-0.25, -0.2) is 9.97 Å². The van der Waals surface area contributed by atoms with Crippen LogP contribution in [-0.2, 0) is 18.9 Å². The number of nitrogen functional groups attached to an aromatic ring is 2. The van der Waals surface area contributed by atoms with Gasteiger partial charge in [-0.2, -0.15) is 15.0 Å². The van der Waals surface area contributed by atoms with Gasteiger partial charge in [-0.1, -0.05) is 0 Å². The first-order chi connectivity index (χ1) is 21.7. The Kier molecular flexibility index (Phi) is 7.13. The average molecular weight is 633 g/mol. The van der Waals surface area contributed by atoms with Gasteiger partial charge in [0.15, 0.2) is 34.8 Å². The molecule has 8 heterocycles. The summed E-state index contributed by atoms with van der Waals surface area (Å²) in [4.78, 5) is 34.8. The summed E-state index contributed by atoms with van der Waals surface area (Å²) in [5, 5.41) is 39.5. The molecule has 0 amide bonds. The lowest BCUT2D eigenvalue weighted by atomic mass is 9.86.